The van der Waals surface area contributed by atoms with Gasteiger partial charge < -0.3 is 14.6 Å². The summed E-state index contributed by atoms with van der Waals surface area (Å²) in [4.78, 5) is 22.4. The number of nitrogens with one attached hydrogen (secondary N) is 1. The zero-order valence-corrected chi connectivity index (χ0v) is 17.1. The second-order valence-corrected chi connectivity index (χ2v) is 7.32. The highest BCUT2D eigenvalue weighted by Gasteiger charge is 2.13. The second-order valence-electron chi connectivity index (χ2n) is 5.97. The third-order valence-electron chi connectivity index (χ3n) is 3.86. The van der Waals surface area contributed by atoms with Gasteiger partial charge in [0.1, 0.15) is 18.2 Å². The molecule has 12 heteroatoms. The van der Waals surface area contributed by atoms with Gasteiger partial charge in [-0.2, -0.15) is 0 Å². The molecule has 0 saturated heterocycles. The van der Waals surface area contributed by atoms with Crippen LogP contribution in [0.25, 0.3) is 0 Å². The fourth-order valence-electron chi connectivity index (χ4n) is 2.34. The lowest BCUT2D eigenvalue weighted by Crippen LogP contribution is -2.14. The third kappa shape index (κ3) is 5.45. The van der Waals surface area contributed by atoms with Crippen molar-refractivity contribution in [2.45, 2.75) is 11.8 Å². The molecule has 2 aromatic carbocycles. The number of non-ortho nitro benzene ring substituents is 1. The minimum Gasteiger partial charge on any atom is -0.486 e. The Labute approximate surface area is 179 Å². The molecule has 0 radical (unpaired) electrons. The molecule has 3 aromatic rings. The summed E-state index contributed by atoms with van der Waals surface area (Å²) in [5.74, 6) is 0.0299. The number of carbonyl (C=O) groups is 1. The summed E-state index contributed by atoms with van der Waals surface area (Å²) < 4.78 is 20.4. The number of nitro groups is 1. The summed E-state index contributed by atoms with van der Waals surface area (Å²) in [6, 6.07) is 9.69. The van der Waals surface area contributed by atoms with Crippen LogP contribution in [0.2, 0.25) is 5.02 Å². The van der Waals surface area contributed by atoms with Crippen LogP contribution in [0, 0.1) is 15.9 Å². The summed E-state index contributed by atoms with van der Waals surface area (Å²) in [7, 11) is 1.72. The van der Waals surface area contributed by atoms with Crippen molar-refractivity contribution in [3.05, 3.63) is 69.2 Å². The Morgan fingerprint density at radius 3 is 2.87 bits per heavy atom. The molecule has 30 heavy (non-hydrogen) atoms. The van der Waals surface area contributed by atoms with Crippen LogP contribution in [0.15, 0.2) is 47.6 Å². The molecule has 1 amide bonds. The van der Waals surface area contributed by atoms with Crippen LogP contribution in [0.5, 0.6) is 5.75 Å². The predicted octanol–water partition coefficient (Wildman–Crippen LogP) is 3.83. The van der Waals surface area contributed by atoms with E-state index >= 15 is 0 Å². The Bertz CT molecular complexity index is 1090. The molecule has 0 saturated carbocycles. The molecule has 3 rings (SSSR count). The number of nitro benzene ring substituents is 1. The van der Waals surface area contributed by atoms with Gasteiger partial charge in [-0.1, -0.05) is 29.4 Å². The van der Waals surface area contributed by atoms with Gasteiger partial charge in [-0.3, -0.25) is 14.9 Å². The average Bonchev–Trinajstić information content (AvgIpc) is 3.07. The molecule has 0 atom stereocenters. The largest absolute Gasteiger partial charge is 0.486 e. The van der Waals surface area contributed by atoms with Crippen molar-refractivity contribution in [2.24, 2.45) is 7.05 Å². The topological polar surface area (TPSA) is 112 Å². The number of halogens is 2. The van der Waals surface area contributed by atoms with Crippen molar-refractivity contribution in [3.63, 3.8) is 0 Å². The van der Waals surface area contributed by atoms with Crippen LogP contribution in [-0.2, 0) is 18.4 Å². The number of hydrogen-bond acceptors (Lipinski definition) is 7. The first-order chi connectivity index (χ1) is 14.3. The smallest absolute Gasteiger partial charge is 0.271 e. The van der Waals surface area contributed by atoms with Gasteiger partial charge in [0.05, 0.1) is 15.7 Å². The highest BCUT2D eigenvalue weighted by atomic mass is 35.5. The molecule has 0 fully saturated rings. The predicted molar refractivity (Wildman–Crippen MR) is 109 cm³/mol. The summed E-state index contributed by atoms with van der Waals surface area (Å²) >= 11 is 6.87. The second kappa shape index (κ2) is 9.55. The molecule has 0 unspecified atom stereocenters. The summed E-state index contributed by atoms with van der Waals surface area (Å²) in [6.45, 7) is 0.0753. The quantitative estimate of drug-likeness (QED) is 0.314. The highest BCUT2D eigenvalue weighted by molar-refractivity contribution is 7.99. The van der Waals surface area contributed by atoms with Gasteiger partial charge in [0, 0.05) is 30.9 Å². The fraction of sp³-hybridized carbons (Fsp3) is 0.167. The first-order valence-corrected chi connectivity index (χ1v) is 9.83. The maximum absolute atomic E-state index is 13.2. The molecular formula is C18H15ClFN5O4S. The molecule has 1 heterocycles. The number of ether oxygens (including phenoxy) is 1. The van der Waals surface area contributed by atoms with Crippen molar-refractivity contribution in [3.8, 4) is 5.75 Å². The maximum atomic E-state index is 13.2. The van der Waals surface area contributed by atoms with Crippen molar-refractivity contribution >= 4 is 40.6 Å². The number of hydrogen-bond donors (Lipinski definition) is 1. The average molecular weight is 452 g/mol. The third-order valence-corrected chi connectivity index (χ3v) is 5.17. The summed E-state index contributed by atoms with van der Waals surface area (Å²) in [6.07, 6.45) is 0. The Balaban J connectivity index is 1.54. The lowest BCUT2D eigenvalue weighted by Gasteiger charge is -2.07. The lowest BCUT2D eigenvalue weighted by atomic mass is 10.3. The number of benzene rings is 2. The van der Waals surface area contributed by atoms with E-state index in [2.05, 4.69) is 15.5 Å². The monoisotopic (exact) mass is 451 g/mol. The van der Waals surface area contributed by atoms with Crippen molar-refractivity contribution < 1.29 is 18.8 Å². The van der Waals surface area contributed by atoms with Crippen LogP contribution in [0.3, 0.4) is 0 Å². The first kappa shape index (κ1) is 21.5. The van der Waals surface area contributed by atoms with Crippen molar-refractivity contribution in [1.29, 1.82) is 0 Å². The molecule has 0 aliphatic rings. The number of aromatic nitrogens is 3. The molecule has 0 spiro atoms. The minimum absolute atomic E-state index is 0.0308. The molecule has 156 valence electrons. The number of nitrogens with zero attached hydrogens (tertiary/aromatic N) is 4. The van der Waals surface area contributed by atoms with E-state index in [9.17, 15) is 19.3 Å². The van der Waals surface area contributed by atoms with E-state index in [1.165, 1.54) is 36.4 Å². The van der Waals surface area contributed by atoms with Crippen LogP contribution < -0.4 is 10.1 Å². The molecular weight excluding hydrogens is 437 g/mol. The van der Waals surface area contributed by atoms with Gasteiger partial charge in [-0.05, 0) is 18.2 Å². The Morgan fingerprint density at radius 2 is 2.13 bits per heavy atom. The van der Waals surface area contributed by atoms with Gasteiger partial charge in [-0.25, -0.2) is 4.39 Å². The van der Waals surface area contributed by atoms with Gasteiger partial charge >= 0.3 is 0 Å². The molecule has 0 bridgehead atoms. The van der Waals surface area contributed by atoms with Crippen LogP contribution >= 0.6 is 23.4 Å². The normalized spacial score (nSPS) is 10.6. The molecule has 9 nitrogen and oxygen atoms in total. The number of anilines is 1. The van der Waals surface area contributed by atoms with E-state index < -0.39 is 10.7 Å². The SMILES string of the molecule is Cn1c(COc2ccc(F)c(Cl)c2)nnc1SCC(=O)Nc1cccc([N+](=O)[O-])c1. The molecule has 1 N–H and O–H groups in total. The summed E-state index contributed by atoms with van der Waals surface area (Å²) in [5, 5.41) is 21.9. The zero-order chi connectivity index (χ0) is 21.7. The van der Waals surface area contributed by atoms with Gasteiger partial charge in [0.2, 0.25) is 5.91 Å². The number of carbonyl (C=O) groups excluding carboxylic acids is 1. The molecule has 0 aliphatic carbocycles. The number of rotatable bonds is 8. The zero-order valence-electron chi connectivity index (χ0n) is 15.5. The molecule has 0 aliphatic heterocycles. The standard InChI is InChI=1S/C18H15ClFN5O4S/c1-24-16(9-29-13-5-6-15(20)14(19)8-13)22-23-18(24)30-10-17(26)21-11-3-2-4-12(7-11)25(27)28/h2-8H,9-10H2,1H3,(H,21,26). The first-order valence-electron chi connectivity index (χ1n) is 8.46. The van der Waals surface area contributed by atoms with E-state index in [0.717, 1.165) is 11.8 Å². The summed E-state index contributed by atoms with van der Waals surface area (Å²) in [5.41, 5.74) is 0.223. The van der Waals surface area contributed by atoms with E-state index in [1.54, 1.807) is 17.7 Å². The Hall–Kier alpha value is -3.18. The van der Waals surface area contributed by atoms with Crippen molar-refractivity contribution in [2.75, 3.05) is 11.1 Å². The van der Waals surface area contributed by atoms with Crippen LogP contribution in [0.4, 0.5) is 15.8 Å². The highest BCUT2D eigenvalue weighted by Crippen LogP contribution is 2.23. The molecule has 1 aromatic heterocycles. The van der Waals surface area contributed by atoms with Gasteiger partial charge in [0.15, 0.2) is 11.0 Å². The Kier molecular flexibility index (Phi) is 6.85. The lowest BCUT2D eigenvalue weighted by molar-refractivity contribution is -0.384. The van der Waals surface area contributed by atoms with E-state index in [0.29, 0.717) is 22.4 Å². The van der Waals surface area contributed by atoms with Gasteiger partial charge in [0.25, 0.3) is 5.69 Å². The van der Waals surface area contributed by atoms with Crippen molar-refractivity contribution in [1.82, 2.24) is 14.8 Å². The maximum Gasteiger partial charge on any atom is 0.271 e. The fourth-order valence-corrected chi connectivity index (χ4v) is 3.24. The minimum atomic E-state index is -0.537. The van der Waals surface area contributed by atoms with Crippen LogP contribution in [0.1, 0.15) is 5.82 Å². The number of amides is 1. The van der Waals surface area contributed by atoms with E-state index in [4.69, 9.17) is 16.3 Å². The van der Waals surface area contributed by atoms with Crippen LogP contribution in [-0.4, -0.2) is 31.3 Å². The number of thioether (sulfide) groups is 1. The Morgan fingerprint density at radius 1 is 1.33 bits per heavy atom. The van der Waals surface area contributed by atoms with Gasteiger partial charge in [-0.15, -0.1) is 10.2 Å². The van der Waals surface area contributed by atoms with E-state index in [1.807, 2.05) is 0 Å². The van der Waals surface area contributed by atoms with E-state index in [-0.39, 0.29) is 29.0 Å².